The van der Waals surface area contributed by atoms with Crippen LogP contribution in [0.2, 0.25) is 0 Å². The zero-order valence-corrected chi connectivity index (χ0v) is 7.69. The SMILES string of the molecule is NNC(=O)CC(O)(CC(=O)NN)C(=O)O. The summed E-state index contributed by atoms with van der Waals surface area (Å²) in [6.07, 6.45) is -1.68. The fourth-order valence-electron chi connectivity index (χ4n) is 0.847. The fourth-order valence-corrected chi connectivity index (χ4v) is 0.847. The number of carbonyl (C=O) groups excluding carboxylic acids is 2. The Bertz CT molecular complexity index is 261. The molecule has 0 rings (SSSR count). The van der Waals surface area contributed by atoms with Crippen LogP contribution in [0.5, 0.6) is 0 Å². The molecule has 0 aliphatic rings. The summed E-state index contributed by atoms with van der Waals surface area (Å²) in [6.45, 7) is 0. The van der Waals surface area contributed by atoms with Crippen LogP contribution in [0.3, 0.4) is 0 Å². The molecule has 8 N–H and O–H groups in total. The van der Waals surface area contributed by atoms with Gasteiger partial charge in [-0.1, -0.05) is 0 Å². The Morgan fingerprint density at radius 3 is 1.60 bits per heavy atom. The highest BCUT2D eigenvalue weighted by molar-refractivity contribution is 5.91. The minimum Gasteiger partial charge on any atom is -0.479 e. The Morgan fingerprint density at radius 1 is 1.07 bits per heavy atom. The van der Waals surface area contributed by atoms with Gasteiger partial charge in [0.15, 0.2) is 5.60 Å². The van der Waals surface area contributed by atoms with Crippen molar-refractivity contribution in [2.45, 2.75) is 18.4 Å². The van der Waals surface area contributed by atoms with Crippen molar-refractivity contribution >= 4 is 17.8 Å². The summed E-state index contributed by atoms with van der Waals surface area (Å²) < 4.78 is 0. The number of nitrogens with two attached hydrogens (primary N) is 2. The van der Waals surface area contributed by atoms with Crippen molar-refractivity contribution in [2.75, 3.05) is 0 Å². The largest absolute Gasteiger partial charge is 0.479 e. The summed E-state index contributed by atoms with van der Waals surface area (Å²) in [5.41, 5.74) is 0.762. The lowest BCUT2D eigenvalue weighted by molar-refractivity contribution is -0.164. The van der Waals surface area contributed by atoms with Gasteiger partial charge in [0.25, 0.3) is 0 Å². The smallest absolute Gasteiger partial charge is 0.336 e. The standard InChI is InChI=1S/C6H12N4O5/c7-9-3(11)1-6(15,5(13)14)2-4(12)10-8/h15H,1-2,7-8H2,(H,9,11)(H,10,12)(H,13,14). The summed E-state index contributed by atoms with van der Waals surface area (Å²) in [6, 6.07) is 0. The van der Waals surface area contributed by atoms with Crippen LogP contribution in [-0.2, 0) is 14.4 Å². The van der Waals surface area contributed by atoms with E-state index in [0.717, 1.165) is 0 Å². The molecule has 0 saturated carbocycles. The van der Waals surface area contributed by atoms with E-state index in [-0.39, 0.29) is 0 Å². The van der Waals surface area contributed by atoms with Gasteiger partial charge in [-0.25, -0.2) is 16.5 Å². The van der Waals surface area contributed by atoms with Crippen molar-refractivity contribution in [1.29, 1.82) is 0 Å². The maximum absolute atomic E-state index is 10.8. The van der Waals surface area contributed by atoms with Gasteiger partial charge in [-0.3, -0.25) is 20.4 Å². The van der Waals surface area contributed by atoms with E-state index >= 15 is 0 Å². The highest BCUT2D eigenvalue weighted by Crippen LogP contribution is 2.15. The number of hydrogen-bond acceptors (Lipinski definition) is 6. The molecule has 0 aromatic rings. The first-order chi connectivity index (χ1) is 6.85. The molecular formula is C6H12N4O5. The molecule has 0 aromatic heterocycles. The average molecular weight is 220 g/mol. The summed E-state index contributed by atoms with van der Waals surface area (Å²) in [7, 11) is 0. The third-order valence-corrected chi connectivity index (χ3v) is 1.63. The lowest BCUT2D eigenvalue weighted by Crippen LogP contribution is -2.48. The second kappa shape index (κ2) is 5.24. The number of aliphatic carboxylic acids is 1. The lowest BCUT2D eigenvalue weighted by Gasteiger charge is -2.21. The van der Waals surface area contributed by atoms with Gasteiger partial charge in [-0.05, 0) is 0 Å². The molecular weight excluding hydrogens is 208 g/mol. The van der Waals surface area contributed by atoms with E-state index in [1.54, 1.807) is 10.9 Å². The van der Waals surface area contributed by atoms with Crippen LogP contribution in [0.1, 0.15) is 12.8 Å². The number of hydrazine groups is 2. The predicted octanol–water partition coefficient (Wildman–Crippen LogP) is -3.44. The van der Waals surface area contributed by atoms with E-state index in [4.69, 9.17) is 16.8 Å². The van der Waals surface area contributed by atoms with Crippen LogP contribution in [-0.4, -0.2) is 33.6 Å². The van der Waals surface area contributed by atoms with Gasteiger partial charge in [0.05, 0.1) is 12.8 Å². The number of rotatable bonds is 5. The van der Waals surface area contributed by atoms with Gasteiger partial charge in [0, 0.05) is 0 Å². The molecule has 9 heteroatoms. The Balaban J connectivity index is 4.67. The molecule has 0 radical (unpaired) electrons. The van der Waals surface area contributed by atoms with Gasteiger partial charge >= 0.3 is 5.97 Å². The van der Waals surface area contributed by atoms with Gasteiger partial charge in [0.2, 0.25) is 11.8 Å². The topological polar surface area (TPSA) is 168 Å². The Labute approximate surface area is 84.4 Å². The number of carboxylic acids is 1. The summed E-state index contributed by atoms with van der Waals surface area (Å²) in [4.78, 5) is 32.2. The number of amides is 2. The third-order valence-electron chi connectivity index (χ3n) is 1.63. The molecule has 0 aromatic carbocycles. The molecule has 0 unspecified atom stereocenters. The lowest BCUT2D eigenvalue weighted by atomic mass is 9.95. The normalized spacial score (nSPS) is 10.6. The van der Waals surface area contributed by atoms with Crippen molar-refractivity contribution in [3.63, 3.8) is 0 Å². The second-order valence-corrected chi connectivity index (χ2v) is 2.83. The zero-order chi connectivity index (χ0) is 12.1. The Morgan fingerprint density at radius 2 is 1.40 bits per heavy atom. The molecule has 9 nitrogen and oxygen atoms in total. The number of carboxylic acid groups (broad SMARTS) is 1. The number of carbonyl (C=O) groups is 3. The van der Waals surface area contributed by atoms with Crippen molar-refractivity contribution < 1.29 is 24.6 Å². The van der Waals surface area contributed by atoms with E-state index in [9.17, 15) is 19.5 Å². The zero-order valence-electron chi connectivity index (χ0n) is 7.69. The van der Waals surface area contributed by atoms with Crippen LogP contribution >= 0.6 is 0 Å². The van der Waals surface area contributed by atoms with Crippen molar-refractivity contribution in [3.05, 3.63) is 0 Å². The Hall–Kier alpha value is -1.71. The number of hydrogen-bond donors (Lipinski definition) is 6. The Kier molecular flexibility index (Phi) is 4.64. The maximum Gasteiger partial charge on any atom is 0.336 e. The molecule has 0 bridgehead atoms. The quantitative estimate of drug-likeness (QED) is 0.159. The van der Waals surface area contributed by atoms with E-state index in [1.807, 2.05) is 0 Å². The molecule has 0 heterocycles. The molecule has 0 fully saturated rings. The van der Waals surface area contributed by atoms with Crippen LogP contribution in [0, 0.1) is 0 Å². The summed E-state index contributed by atoms with van der Waals surface area (Å²) in [5, 5.41) is 18.1. The average Bonchev–Trinajstić information content (AvgIpc) is 2.16. The van der Waals surface area contributed by atoms with Crippen LogP contribution in [0.4, 0.5) is 0 Å². The second-order valence-electron chi connectivity index (χ2n) is 2.83. The van der Waals surface area contributed by atoms with E-state index in [2.05, 4.69) is 0 Å². The minimum absolute atomic E-state index is 0.841. The first-order valence-electron chi connectivity index (χ1n) is 3.80. The van der Waals surface area contributed by atoms with Crippen molar-refractivity contribution in [3.8, 4) is 0 Å². The molecule has 86 valence electrons. The van der Waals surface area contributed by atoms with E-state index in [1.165, 1.54) is 0 Å². The minimum atomic E-state index is -2.52. The molecule has 0 aliphatic heterocycles. The molecule has 2 amide bonds. The summed E-state index contributed by atoms with van der Waals surface area (Å²) in [5.74, 6) is 5.89. The fraction of sp³-hybridized carbons (Fsp3) is 0.500. The van der Waals surface area contributed by atoms with Crippen LogP contribution in [0.15, 0.2) is 0 Å². The van der Waals surface area contributed by atoms with Gasteiger partial charge in [-0.2, -0.15) is 0 Å². The highest BCUT2D eigenvalue weighted by atomic mass is 16.4. The van der Waals surface area contributed by atoms with Crippen molar-refractivity contribution in [2.24, 2.45) is 11.7 Å². The number of aliphatic hydroxyl groups is 1. The van der Waals surface area contributed by atoms with E-state index in [0.29, 0.717) is 0 Å². The van der Waals surface area contributed by atoms with Gasteiger partial charge in [-0.15, -0.1) is 0 Å². The molecule has 0 spiro atoms. The maximum atomic E-state index is 10.8. The molecule has 0 atom stereocenters. The monoisotopic (exact) mass is 220 g/mol. The third kappa shape index (κ3) is 3.89. The molecule has 0 aliphatic carbocycles. The van der Waals surface area contributed by atoms with Crippen molar-refractivity contribution in [1.82, 2.24) is 10.9 Å². The van der Waals surface area contributed by atoms with Gasteiger partial charge < -0.3 is 10.2 Å². The van der Waals surface area contributed by atoms with Gasteiger partial charge in [0.1, 0.15) is 0 Å². The van der Waals surface area contributed by atoms with Crippen LogP contribution in [0.25, 0.3) is 0 Å². The highest BCUT2D eigenvalue weighted by Gasteiger charge is 2.40. The predicted molar refractivity (Wildman–Crippen MR) is 46.5 cm³/mol. The molecule has 15 heavy (non-hydrogen) atoms. The summed E-state index contributed by atoms with van der Waals surface area (Å²) >= 11 is 0. The first kappa shape index (κ1) is 13.3. The van der Waals surface area contributed by atoms with Crippen LogP contribution < -0.4 is 22.5 Å². The first-order valence-corrected chi connectivity index (χ1v) is 3.80. The van der Waals surface area contributed by atoms with E-state index < -0.39 is 36.2 Å². The molecule has 0 saturated heterocycles. The number of nitrogens with one attached hydrogen (secondary N) is 2.